The minimum atomic E-state index is -0.0798. The fourth-order valence-electron chi connectivity index (χ4n) is 1.13. The van der Waals surface area contributed by atoms with Crippen molar-refractivity contribution in [1.29, 1.82) is 0 Å². The average molecular weight is 202 g/mol. The van der Waals surface area contributed by atoms with Gasteiger partial charge < -0.3 is 14.6 Å². The lowest BCUT2D eigenvalue weighted by atomic mass is 10.2. The van der Waals surface area contributed by atoms with E-state index in [0.717, 1.165) is 19.3 Å². The Bertz CT molecular complexity index is 128. The van der Waals surface area contributed by atoms with Crippen LogP contribution in [0.2, 0.25) is 0 Å². The van der Waals surface area contributed by atoms with Gasteiger partial charge in [0.1, 0.15) is 0 Å². The SMILES string of the molecule is CCOC(CC/C=C\CCO)OCC. The van der Waals surface area contributed by atoms with Crippen LogP contribution in [0.1, 0.15) is 33.1 Å². The molecule has 0 bridgehead atoms. The van der Waals surface area contributed by atoms with Gasteiger partial charge in [-0.05, 0) is 26.7 Å². The number of aliphatic hydroxyl groups excluding tert-OH is 1. The summed E-state index contributed by atoms with van der Waals surface area (Å²) in [5.41, 5.74) is 0. The summed E-state index contributed by atoms with van der Waals surface area (Å²) in [6.45, 7) is 5.52. The van der Waals surface area contributed by atoms with E-state index in [0.29, 0.717) is 13.2 Å². The van der Waals surface area contributed by atoms with Gasteiger partial charge in [-0.3, -0.25) is 0 Å². The summed E-state index contributed by atoms with van der Waals surface area (Å²) in [7, 11) is 0. The first-order valence-corrected chi connectivity index (χ1v) is 5.34. The van der Waals surface area contributed by atoms with Crippen LogP contribution in [0.25, 0.3) is 0 Å². The zero-order chi connectivity index (χ0) is 10.6. The largest absolute Gasteiger partial charge is 0.396 e. The monoisotopic (exact) mass is 202 g/mol. The summed E-state index contributed by atoms with van der Waals surface area (Å²) in [4.78, 5) is 0. The van der Waals surface area contributed by atoms with Crippen LogP contribution in [0.15, 0.2) is 12.2 Å². The van der Waals surface area contributed by atoms with Gasteiger partial charge in [-0.1, -0.05) is 12.2 Å². The lowest BCUT2D eigenvalue weighted by Crippen LogP contribution is -2.16. The summed E-state index contributed by atoms with van der Waals surface area (Å²) in [6.07, 6.45) is 6.50. The summed E-state index contributed by atoms with van der Waals surface area (Å²) in [5, 5.41) is 8.54. The molecule has 0 aromatic rings. The van der Waals surface area contributed by atoms with Crippen LogP contribution < -0.4 is 0 Å². The summed E-state index contributed by atoms with van der Waals surface area (Å²) in [5.74, 6) is 0. The van der Waals surface area contributed by atoms with E-state index in [4.69, 9.17) is 14.6 Å². The molecule has 0 aromatic carbocycles. The molecule has 0 aliphatic carbocycles. The van der Waals surface area contributed by atoms with Gasteiger partial charge in [-0.25, -0.2) is 0 Å². The molecule has 3 nitrogen and oxygen atoms in total. The summed E-state index contributed by atoms with van der Waals surface area (Å²) < 4.78 is 10.8. The molecule has 14 heavy (non-hydrogen) atoms. The predicted molar refractivity (Wildman–Crippen MR) is 57.1 cm³/mol. The van der Waals surface area contributed by atoms with Crippen LogP contribution in [0, 0.1) is 0 Å². The maximum Gasteiger partial charge on any atom is 0.157 e. The average Bonchev–Trinajstić information content (AvgIpc) is 2.18. The molecule has 0 rings (SSSR count). The van der Waals surface area contributed by atoms with Gasteiger partial charge in [-0.2, -0.15) is 0 Å². The van der Waals surface area contributed by atoms with Crippen molar-refractivity contribution in [1.82, 2.24) is 0 Å². The lowest BCUT2D eigenvalue weighted by Gasteiger charge is -2.15. The third-order valence-corrected chi connectivity index (χ3v) is 1.74. The Hall–Kier alpha value is -0.380. The van der Waals surface area contributed by atoms with Crippen molar-refractivity contribution in [2.24, 2.45) is 0 Å². The fraction of sp³-hybridized carbons (Fsp3) is 0.818. The van der Waals surface area contributed by atoms with Crippen molar-refractivity contribution in [3.8, 4) is 0 Å². The Morgan fingerprint density at radius 3 is 2.14 bits per heavy atom. The number of ether oxygens (including phenoxy) is 2. The Labute approximate surface area is 86.7 Å². The molecule has 0 heterocycles. The molecule has 0 aliphatic heterocycles. The molecule has 3 heteroatoms. The molecular formula is C11H22O3. The van der Waals surface area contributed by atoms with Crippen molar-refractivity contribution in [3.63, 3.8) is 0 Å². The molecule has 0 fully saturated rings. The highest BCUT2D eigenvalue weighted by Crippen LogP contribution is 2.05. The maximum absolute atomic E-state index is 8.54. The molecule has 0 atom stereocenters. The van der Waals surface area contributed by atoms with Crippen molar-refractivity contribution >= 4 is 0 Å². The van der Waals surface area contributed by atoms with Crippen molar-refractivity contribution in [2.75, 3.05) is 19.8 Å². The first kappa shape index (κ1) is 13.6. The van der Waals surface area contributed by atoms with E-state index < -0.39 is 0 Å². The zero-order valence-electron chi connectivity index (χ0n) is 9.24. The van der Waals surface area contributed by atoms with Gasteiger partial charge in [0.05, 0.1) is 0 Å². The number of allylic oxidation sites excluding steroid dienone is 1. The third-order valence-electron chi connectivity index (χ3n) is 1.74. The molecule has 0 spiro atoms. The van der Waals surface area contributed by atoms with E-state index in [-0.39, 0.29) is 12.9 Å². The minimum Gasteiger partial charge on any atom is -0.396 e. The van der Waals surface area contributed by atoms with E-state index in [1.54, 1.807) is 0 Å². The number of hydrogen-bond donors (Lipinski definition) is 1. The molecule has 0 unspecified atom stereocenters. The van der Waals surface area contributed by atoms with E-state index in [9.17, 15) is 0 Å². The second-order valence-corrected chi connectivity index (χ2v) is 2.90. The Morgan fingerprint density at radius 2 is 1.64 bits per heavy atom. The van der Waals surface area contributed by atoms with Gasteiger partial charge in [0, 0.05) is 26.2 Å². The van der Waals surface area contributed by atoms with Gasteiger partial charge in [0.15, 0.2) is 6.29 Å². The summed E-state index contributed by atoms with van der Waals surface area (Å²) >= 11 is 0. The normalized spacial score (nSPS) is 11.7. The van der Waals surface area contributed by atoms with E-state index in [1.807, 2.05) is 19.9 Å². The standard InChI is InChI=1S/C11H22O3/c1-3-13-11(14-4-2)9-7-5-6-8-10-12/h5-6,11-12H,3-4,7-10H2,1-2H3/b6-5-. The summed E-state index contributed by atoms with van der Waals surface area (Å²) in [6, 6.07) is 0. The molecule has 0 saturated heterocycles. The van der Waals surface area contributed by atoms with Crippen molar-refractivity contribution in [3.05, 3.63) is 12.2 Å². The molecule has 84 valence electrons. The molecular weight excluding hydrogens is 180 g/mol. The van der Waals surface area contributed by atoms with E-state index in [1.165, 1.54) is 0 Å². The van der Waals surface area contributed by atoms with Crippen LogP contribution in [-0.2, 0) is 9.47 Å². The van der Waals surface area contributed by atoms with Crippen molar-refractivity contribution in [2.45, 2.75) is 39.4 Å². The van der Waals surface area contributed by atoms with Gasteiger partial charge in [0.25, 0.3) is 0 Å². The van der Waals surface area contributed by atoms with Gasteiger partial charge in [0.2, 0.25) is 0 Å². The van der Waals surface area contributed by atoms with Crippen LogP contribution >= 0.6 is 0 Å². The molecule has 0 aliphatic rings. The quantitative estimate of drug-likeness (QED) is 0.459. The Morgan fingerprint density at radius 1 is 1.07 bits per heavy atom. The highest BCUT2D eigenvalue weighted by Gasteiger charge is 2.05. The first-order chi connectivity index (χ1) is 6.85. The number of rotatable bonds is 9. The minimum absolute atomic E-state index is 0.0798. The molecule has 0 aromatic heterocycles. The second kappa shape index (κ2) is 10.7. The third kappa shape index (κ3) is 8.23. The molecule has 0 radical (unpaired) electrons. The Kier molecular flexibility index (Phi) is 10.4. The number of hydrogen-bond acceptors (Lipinski definition) is 3. The lowest BCUT2D eigenvalue weighted by molar-refractivity contribution is -0.138. The first-order valence-electron chi connectivity index (χ1n) is 5.34. The van der Waals surface area contributed by atoms with Gasteiger partial charge >= 0.3 is 0 Å². The highest BCUT2D eigenvalue weighted by molar-refractivity contribution is 4.81. The highest BCUT2D eigenvalue weighted by atomic mass is 16.7. The smallest absolute Gasteiger partial charge is 0.157 e. The second-order valence-electron chi connectivity index (χ2n) is 2.90. The Balaban J connectivity index is 3.48. The maximum atomic E-state index is 8.54. The van der Waals surface area contributed by atoms with Crippen LogP contribution in [0.4, 0.5) is 0 Å². The van der Waals surface area contributed by atoms with Crippen LogP contribution in [0.5, 0.6) is 0 Å². The number of aliphatic hydroxyl groups is 1. The van der Waals surface area contributed by atoms with Crippen LogP contribution in [0.3, 0.4) is 0 Å². The van der Waals surface area contributed by atoms with Gasteiger partial charge in [-0.15, -0.1) is 0 Å². The van der Waals surface area contributed by atoms with Crippen LogP contribution in [-0.4, -0.2) is 31.2 Å². The molecule has 1 N–H and O–H groups in total. The van der Waals surface area contributed by atoms with Crippen molar-refractivity contribution < 1.29 is 14.6 Å². The van der Waals surface area contributed by atoms with E-state index >= 15 is 0 Å². The van der Waals surface area contributed by atoms with E-state index in [2.05, 4.69) is 6.08 Å². The fourth-order valence-corrected chi connectivity index (χ4v) is 1.13. The molecule has 0 saturated carbocycles. The topological polar surface area (TPSA) is 38.7 Å². The zero-order valence-corrected chi connectivity index (χ0v) is 9.24. The predicted octanol–water partition coefficient (Wildman–Crippen LogP) is 2.10. The molecule has 0 amide bonds.